The number of rotatable bonds is 4. The van der Waals surface area contributed by atoms with E-state index in [-0.39, 0.29) is 11.8 Å². The number of aryl methyl sites for hydroxylation is 1. The fourth-order valence-corrected chi connectivity index (χ4v) is 3.57. The molecule has 1 aliphatic rings. The van der Waals surface area contributed by atoms with Crippen LogP contribution in [0.25, 0.3) is 0 Å². The first kappa shape index (κ1) is 17.6. The minimum Gasteiger partial charge on any atom is -0.337 e. The van der Waals surface area contributed by atoms with Crippen LogP contribution in [0.15, 0.2) is 41.1 Å². The number of amides is 2. The number of carbonyl (C=O) groups is 2. The molecule has 25 heavy (non-hydrogen) atoms. The lowest BCUT2D eigenvalue weighted by atomic mass is 10.2. The van der Waals surface area contributed by atoms with Gasteiger partial charge in [0.25, 0.3) is 5.91 Å². The Morgan fingerprint density at radius 1 is 1.08 bits per heavy atom. The zero-order chi connectivity index (χ0) is 17.6. The Bertz CT molecular complexity index is 713. The Kier molecular flexibility index (Phi) is 5.83. The maximum Gasteiger partial charge on any atom is 0.254 e. The van der Waals surface area contributed by atoms with Crippen LogP contribution in [0.5, 0.6) is 0 Å². The molecule has 0 spiro atoms. The van der Waals surface area contributed by atoms with Gasteiger partial charge in [0.2, 0.25) is 5.91 Å². The first-order valence-electron chi connectivity index (χ1n) is 8.52. The number of thiophene rings is 1. The molecule has 1 aromatic carbocycles. The first-order chi connectivity index (χ1) is 12.1. The highest BCUT2D eigenvalue weighted by molar-refractivity contribution is 7.08. The largest absolute Gasteiger partial charge is 0.337 e. The Morgan fingerprint density at radius 2 is 1.88 bits per heavy atom. The molecule has 2 aromatic rings. The molecule has 0 radical (unpaired) electrons. The van der Waals surface area contributed by atoms with E-state index in [0.29, 0.717) is 13.1 Å². The summed E-state index contributed by atoms with van der Waals surface area (Å²) < 4.78 is 0. The quantitative estimate of drug-likeness (QED) is 0.915. The Hall–Kier alpha value is -2.18. The van der Waals surface area contributed by atoms with Gasteiger partial charge in [0.15, 0.2) is 0 Å². The smallest absolute Gasteiger partial charge is 0.254 e. The van der Waals surface area contributed by atoms with Gasteiger partial charge in [0, 0.05) is 37.2 Å². The van der Waals surface area contributed by atoms with E-state index >= 15 is 0 Å². The Morgan fingerprint density at radius 3 is 2.60 bits per heavy atom. The SMILES string of the molecule is Cc1ccc(NC(=O)CN2CCCN(C(=O)c3ccsc3)CC2)cc1. The lowest BCUT2D eigenvalue weighted by Gasteiger charge is -2.21. The molecule has 3 rings (SSSR count). The minimum atomic E-state index is -0.0125. The molecule has 6 heteroatoms. The van der Waals surface area contributed by atoms with Crippen molar-refractivity contribution < 1.29 is 9.59 Å². The van der Waals surface area contributed by atoms with Crippen molar-refractivity contribution in [2.75, 3.05) is 38.0 Å². The van der Waals surface area contributed by atoms with Crippen molar-refractivity contribution in [1.29, 1.82) is 0 Å². The molecule has 0 atom stereocenters. The third-order valence-corrected chi connectivity index (χ3v) is 5.03. The van der Waals surface area contributed by atoms with Gasteiger partial charge in [0.05, 0.1) is 12.1 Å². The van der Waals surface area contributed by atoms with Gasteiger partial charge in [-0.25, -0.2) is 0 Å². The number of carbonyl (C=O) groups excluding carboxylic acids is 2. The molecule has 1 aliphatic heterocycles. The monoisotopic (exact) mass is 357 g/mol. The van der Waals surface area contributed by atoms with E-state index in [0.717, 1.165) is 37.3 Å². The summed E-state index contributed by atoms with van der Waals surface area (Å²) in [6.07, 6.45) is 0.883. The molecule has 0 saturated carbocycles. The van der Waals surface area contributed by atoms with Crippen LogP contribution in [-0.4, -0.2) is 54.3 Å². The van der Waals surface area contributed by atoms with Crippen molar-refractivity contribution in [1.82, 2.24) is 9.80 Å². The Balaban J connectivity index is 1.50. The Labute approximate surface area is 152 Å². The maximum absolute atomic E-state index is 12.4. The fraction of sp³-hybridized carbons (Fsp3) is 0.368. The van der Waals surface area contributed by atoms with Crippen molar-refractivity contribution in [3.63, 3.8) is 0 Å². The lowest BCUT2D eigenvalue weighted by Crippen LogP contribution is -2.37. The molecule has 0 bridgehead atoms. The van der Waals surface area contributed by atoms with Gasteiger partial charge >= 0.3 is 0 Å². The normalized spacial score (nSPS) is 15.6. The van der Waals surface area contributed by atoms with Crippen LogP contribution in [0.2, 0.25) is 0 Å². The van der Waals surface area contributed by atoms with E-state index in [1.807, 2.05) is 52.9 Å². The lowest BCUT2D eigenvalue weighted by molar-refractivity contribution is -0.117. The van der Waals surface area contributed by atoms with Crippen molar-refractivity contribution in [3.05, 3.63) is 52.2 Å². The van der Waals surface area contributed by atoms with Crippen LogP contribution in [0.1, 0.15) is 22.3 Å². The van der Waals surface area contributed by atoms with Gasteiger partial charge in [-0.15, -0.1) is 0 Å². The molecular weight excluding hydrogens is 334 g/mol. The number of hydrogen-bond donors (Lipinski definition) is 1. The summed E-state index contributed by atoms with van der Waals surface area (Å²) in [5, 5.41) is 6.75. The summed E-state index contributed by atoms with van der Waals surface area (Å²) >= 11 is 1.54. The highest BCUT2D eigenvalue weighted by Crippen LogP contribution is 2.13. The van der Waals surface area contributed by atoms with Crippen LogP contribution >= 0.6 is 11.3 Å². The molecular formula is C19H23N3O2S. The number of benzene rings is 1. The van der Waals surface area contributed by atoms with Crippen LogP contribution < -0.4 is 5.32 Å². The van der Waals surface area contributed by atoms with E-state index in [1.54, 1.807) is 0 Å². The standard InChI is InChI=1S/C19H23N3O2S/c1-15-3-5-17(6-4-15)20-18(23)13-21-8-2-9-22(11-10-21)19(24)16-7-12-25-14-16/h3-7,12,14H,2,8-11,13H2,1H3,(H,20,23). The minimum absolute atomic E-state index is 0.0125. The number of nitrogens with one attached hydrogen (secondary N) is 1. The zero-order valence-corrected chi connectivity index (χ0v) is 15.2. The van der Waals surface area contributed by atoms with E-state index in [1.165, 1.54) is 16.9 Å². The van der Waals surface area contributed by atoms with Crippen molar-refractivity contribution in [2.24, 2.45) is 0 Å². The zero-order valence-electron chi connectivity index (χ0n) is 14.4. The van der Waals surface area contributed by atoms with Crippen molar-refractivity contribution in [2.45, 2.75) is 13.3 Å². The third-order valence-electron chi connectivity index (χ3n) is 4.35. The van der Waals surface area contributed by atoms with Crippen molar-refractivity contribution in [3.8, 4) is 0 Å². The van der Waals surface area contributed by atoms with E-state index < -0.39 is 0 Å². The molecule has 1 aromatic heterocycles. The molecule has 5 nitrogen and oxygen atoms in total. The maximum atomic E-state index is 12.4. The molecule has 0 aliphatic carbocycles. The second kappa shape index (κ2) is 8.27. The van der Waals surface area contributed by atoms with E-state index in [4.69, 9.17) is 0 Å². The second-order valence-electron chi connectivity index (χ2n) is 6.35. The molecule has 132 valence electrons. The van der Waals surface area contributed by atoms with Crippen molar-refractivity contribution >= 4 is 28.8 Å². The average Bonchev–Trinajstić information content (AvgIpc) is 3.04. The average molecular weight is 357 g/mol. The highest BCUT2D eigenvalue weighted by Gasteiger charge is 2.21. The number of anilines is 1. The van der Waals surface area contributed by atoms with Gasteiger partial charge in [-0.3, -0.25) is 14.5 Å². The molecule has 2 amide bonds. The second-order valence-corrected chi connectivity index (χ2v) is 7.13. The summed E-state index contributed by atoms with van der Waals surface area (Å²) in [6.45, 7) is 5.32. The summed E-state index contributed by atoms with van der Waals surface area (Å²) in [7, 11) is 0. The van der Waals surface area contributed by atoms with Crippen LogP contribution in [0, 0.1) is 6.92 Å². The van der Waals surface area contributed by atoms with E-state index in [2.05, 4.69) is 10.2 Å². The summed E-state index contributed by atoms with van der Waals surface area (Å²) in [6, 6.07) is 9.66. The van der Waals surface area contributed by atoms with E-state index in [9.17, 15) is 9.59 Å². The molecule has 1 saturated heterocycles. The summed E-state index contributed by atoms with van der Waals surface area (Å²) in [4.78, 5) is 28.7. The highest BCUT2D eigenvalue weighted by atomic mass is 32.1. The van der Waals surface area contributed by atoms with Gasteiger partial charge < -0.3 is 10.2 Å². The number of nitrogens with zero attached hydrogens (tertiary/aromatic N) is 2. The van der Waals surface area contributed by atoms with Crippen LogP contribution in [0.4, 0.5) is 5.69 Å². The summed E-state index contributed by atoms with van der Waals surface area (Å²) in [5.41, 5.74) is 2.75. The van der Waals surface area contributed by atoms with Gasteiger partial charge in [-0.2, -0.15) is 11.3 Å². The van der Waals surface area contributed by atoms with Gasteiger partial charge in [-0.05, 0) is 36.9 Å². The molecule has 1 N–H and O–H groups in total. The van der Waals surface area contributed by atoms with Gasteiger partial charge in [-0.1, -0.05) is 17.7 Å². The first-order valence-corrected chi connectivity index (χ1v) is 9.46. The van der Waals surface area contributed by atoms with Crippen LogP contribution in [-0.2, 0) is 4.79 Å². The molecule has 0 unspecified atom stereocenters. The summed E-state index contributed by atoms with van der Waals surface area (Å²) in [5.74, 6) is 0.0775. The third kappa shape index (κ3) is 4.90. The van der Waals surface area contributed by atoms with Crippen LogP contribution in [0.3, 0.4) is 0 Å². The topological polar surface area (TPSA) is 52.7 Å². The van der Waals surface area contributed by atoms with Gasteiger partial charge in [0.1, 0.15) is 0 Å². The number of hydrogen-bond acceptors (Lipinski definition) is 4. The molecule has 1 fully saturated rings. The predicted molar refractivity (Wildman–Crippen MR) is 101 cm³/mol. The fourth-order valence-electron chi connectivity index (χ4n) is 2.94. The predicted octanol–water partition coefficient (Wildman–Crippen LogP) is 2.84. The molecule has 2 heterocycles.